The van der Waals surface area contributed by atoms with Crippen LogP contribution in [0.5, 0.6) is 0 Å². The van der Waals surface area contributed by atoms with E-state index in [4.69, 9.17) is 16.0 Å². The molecule has 0 atom stereocenters. The number of carbonyl (C=O) groups is 1. The molecule has 3 rings (SSSR count). The Morgan fingerprint density at radius 1 is 1.47 bits per heavy atom. The Balaban J connectivity index is 0.00000133. The first-order valence-electron chi connectivity index (χ1n) is 5.60. The molecule has 0 saturated heterocycles. The monoisotopic (exact) mass is 300 g/mol. The lowest BCUT2D eigenvalue weighted by molar-refractivity contribution is 0.100. The van der Waals surface area contributed by atoms with Gasteiger partial charge in [-0.15, -0.1) is 23.7 Å². The van der Waals surface area contributed by atoms with Crippen LogP contribution in [0.15, 0.2) is 16.0 Å². The molecule has 4 N–H and O–H groups in total. The van der Waals surface area contributed by atoms with Crippen LogP contribution in [-0.2, 0) is 5.54 Å². The first kappa shape index (κ1) is 14.0. The largest absolute Gasteiger partial charge is 0.366 e. The summed E-state index contributed by atoms with van der Waals surface area (Å²) in [6.45, 7) is 0. The first-order chi connectivity index (χ1) is 8.58. The second-order valence-corrected chi connectivity index (χ2v) is 5.41. The van der Waals surface area contributed by atoms with Gasteiger partial charge in [-0.25, -0.2) is 0 Å². The highest BCUT2D eigenvalue weighted by Gasteiger charge is 2.39. The summed E-state index contributed by atoms with van der Waals surface area (Å²) in [4.78, 5) is 16.0. The number of carbonyl (C=O) groups excluding carboxylic acids is 1. The van der Waals surface area contributed by atoms with Crippen LogP contribution in [0, 0.1) is 0 Å². The highest BCUT2D eigenvalue weighted by atomic mass is 35.5. The van der Waals surface area contributed by atoms with E-state index in [0.29, 0.717) is 17.3 Å². The van der Waals surface area contributed by atoms with Gasteiger partial charge in [0.25, 0.3) is 5.89 Å². The molecule has 0 aromatic carbocycles. The molecule has 0 bridgehead atoms. The number of aromatic nitrogens is 2. The van der Waals surface area contributed by atoms with Crippen molar-refractivity contribution in [2.24, 2.45) is 11.5 Å². The Kier molecular flexibility index (Phi) is 3.62. The summed E-state index contributed by atoms with van der Waals surface area (Å²) in [5.74, 6) is 0.462. The molecule has 102 valence electrons. The molecule has 2 aromatic heterocycles. The molecular formula is C11H13ClN4O2S. The van der Waals surface area contributed by atoms with Gasteiger partial charge in [0, 0.05) is 5.38 Å². The predicted octanol–water partition coefficient (Wildman–Crippen LogP) is 1.66. The second kappa shape index (κ2) is 4.92. The van der Waals surface area contributed by atoms with Crippen LogP contribution < -0.4 is 11.5 Å². The van der Waals surface area contributed by atoms with Gasteiger partial charge in [-0.05, 0) is 25.3 Å². The molecule has 8 heteroatoms. The van der Waals surface area contributed by atoms with Crippen molar-refractivity contribution in [1.29, 1.82) is 0 Å². The minimum Gasteiger partial charge on any atom is -0.366 e. The fourth-order valence-corrected chi connectivity index (χ4v) is 2.70. The summed E-state index contributed by atoms with van der Waals surface area (Å²) in [5.41, 5.74) is 11.3. The third-order valence-electron chi connectivity index (χ3n) is 3.21. The van der Waals surface area contributed by atoms with Crippen molar-refractivity contribution in [1.82, 2.24) is 10.1 Å². The maximum absolute atomic E-state index is 11.0. The quantitative estimate of drug-likeness (QED) is 0.896. The van der Waals surface area contributed by atoms with E-state index in [0.717, 1.165) is 24.1 Å². The van der Waals surface area contributed by atoms with E-state index in [1.54, 1.807) is 11.4 Å². The van der Waals surface area contributed by atoms with Crippen LogP contribution in [0.3, 0.4) is 0 Å². The highest BCUT2D eigenvalue weighted by Crippen LogP contribution is 2.38. The molecule has 0 spiro atoms. The molecule has 0 aliphatic heterocycles. The summed E-state index contributed by atoms with van der Waals surface area (Å²) < 4.78 is 5.18. The molecule has 1 aliphatic rings. The molecule has 0 radical (unpaired) electrons. The lowest BCUT2D eigenvalue weighted by Gasteiger charge is -2.34. The van der Waals surface area contributed by atoms with Crippen molar-refractivity contribution >= 4 is 29.7 Å². The molecule has 6 nitrogen and oxygen atoms in total. The zero-order valence-electron chi connectivity index (χ0n) is 9.96. The Bertz CT molecular complexity index is 605. The Morgan fingerprint density at radius 3 is 2.74 bits per heavy atom. The van der Waals surface area contributed by atoms with Gasteiger partial charge >= 0.3 is 0 Å². The van der Waals surface area contributed by atoms with E-state index in [-0.39, 0.29) is 12.4 Å². The van der Waals surface area contributed by atoms with Crippen molar-refractivity contribution < 1.29 is 9.32 Å². The van der Waals surface area contributed by atoms with Crippen LogP contribution in [-0.4, -0.2) is 16.0 Å². The van der Waals surface area contributed by atoms with E-state index >= 15 is 0 Å². The number of hydrogen-bond acceptors (Lipinski definition) is 6. The van der Waals surface area contributed by atoms with Gasteiger partial charge in [0.1, 0.15) is 0 Å². The minimum absolute atomic E-state index is 0. The van der Waals surface area contributed by atoms with Crippen LogP contribution in [0.2, 0.25) is 0 Å². The van der Waals surface area contributed by atoms with E-state index in [1.807, 2.05) is 0 Å². The number of hydrogen-bond donors (Lipinski definition) is 2. The third-order valence-corrected chi connectivity index (χ3v) is 4.13. The normalized spacial score (nSPS) is 16.5. The molecule has 1 fully saturated rings. The fourth-order valence-electron chi connectivity index (χ4n) is 1.88. The topological polar surface area (TPSA) is 108 Å². The standard InChI is InChI=1S/C11H12N4O2S.ClH/c12-8(16)6-4-7(18-5-6)9-14-10(15-17-9)11(13)2-1-3-11;/h4-5H,1-3,13H2,(H2,12,16);1H. The van der Waals surface area contributed by atoms with Crippen molar-refractivity contribution in [3.05, 3.63) is 22.8 Å². The molecule has 2 heterocycles. The summed E-state index contributed by atoms with van der Waals surface area (Å²) in [5, 5.41) is 5.59. The number of nitrogens with zero attached hydrogens (tertiary/aromatic N) is 2. The number of primary amides is 1. The summed E-state index contributed by atoms with van der Waals surface area (Å²) in [6, 6.07) is 1.65. The molecule has 0 unspecified atom stereocenters. The highest BCUT2D eigenvalue weighted by molar-refractivity contribution is 7.13. The van der Waals surface area contributed by atoms with Gasteiger partial charge in [-0.3, -0.25) is 4.79 Å². The third kappa shape index (κ3) is 2.36. The van der Waals surface area contributed by atoms with Crippen molar-refractivity contribution in [3.63, 3.8) is 0 Å². The zero-order chi connectivity index (χ0) is 12.8. The maximum Gasteiger partial charge on any atom is 0.268 e. The summed E-state index contributed by atoms with van der Waals surface area (Å²) >= 11 is 1.34. The van der Waals surface area contributed by atoms with Crippen LogP contribution >= 0.6 is 23.7 Å². The summed E-state index contributed by atoms with van der Waals surface area (Å²) in [6.07, 6.45) is 2.84. The fraction of sp³-hybridized carbons (Fsp3) is 0.364. The molecule has 1 aliphatic carbocycles. The lowest BCUT2D eigenvalue weighted by Crippen LogP contribution is -2.44. The molecule has 1 amide bonds. The average molecular weight is 301 g/mol. The number of halogens is 1. The average Bonchev–Trinajstić information content (AvgIpc) is 2.94. The van der Waals surface area contributed by atoms with Crippen LogP contribution in [0.4, 0.5) is 0 Å². The number of amides is 1. The van der Waals surface area contributed by atoms with Crippen LogP contribution in [0.25, 0.3) is 10.8 Å². The van der Waals surface area contributed by atoms with Gasteiger partial charge in [0.05, 0.1) is 16.0 Å². The van der Waals surface area contributed by atoms with E-state index in [1.165, 1.54) is 11.3 Å². The van der Waals surface area contributed by atoms with Crippen molar-refractivity contribution in [2.75, 3.05) is 0 Å². The molecule has 19 heavy (non-hydrogen) atoms. The predicted molar refractivity (Wildman–Crippen MR) is 73.1 cm³/mol. The molecule has 2 aromatic rings. The molecular weight excluding hydrogens is 288 g/mol. The van der Waals surface area contributed by atoms with E-state index < -0.39 is 11.4 Å². The van der Waals surface area contributed by atoms with Crippen molar-refractivity contribution in [2.45, 2.75) is 24.8 Å². The van der Waals surface area contributed by atoms with Gasteiger partial charge in [-0.1, -0.05) is 5.16 Å². The van der Waals surface area contributed by atoms with E-state index in [9.17, 15) is 4.79 Å². The second-order valence-electron chi connectivity index (χ2n) is 4.50. The Hall–Kier alpha value is -1.44. The minimum atomic E-state index is -0.466. The lowest BCUT2D eigenvalue weighted by atomic mass is 9.77. The molecule has 1 saturated carbocycles. The first-order valence-corrected chi connectivity index (χ1v) is 6.48. The van der Waals surface area contributed by atoms with Gasteiger partial charge in [0.2, 0.25) is 5.91 Å². The summed E-state index contributed by atoms with van der Waals surface area (Å²) in [7, 11) is 0. The van der Waals surface area contributed by atoms with Crippen LogP contribution in [0.1, 0.15) is 35.4 Å². The Labute approximate surface area is 119 Å². The smallest absolute Gasteiger partial charge is 0.268 e. The van der Waals surface area contributed by atoms with E-state index in [2.05, 4.69) is 10.1 Å². The number of thiophene rings is 1. The Morgan fingerprint density at radius 2 is 2.21 bits per heavy atom. The number of nitrogens with two attached hydrogens (primary N) is 2. The number of rotatable bonds is 3. The van der Waals surface area contributed by atoms with Gasteiger partial charge in [-0.2, -0.15) is 4.98 Å². The van der Waals surface area contributed by atoms with Crippen molar-refractivity contribution in [3.8, 4) is 10.8 Å². The zero-order valence-corrected chi connectivity index (χ0v) is 11.6. The van der Waals surface area contributed by atoms with Gasteiger partial charge in [0.15, 0.2) is 5.82 Å². The van der Waals surface area contributed by atoms with Gasteiger partial charge < -0.3 is 16.0 Å². The SMILES string of the molecule is Cl.NC(=O)c1csc(-c2nc(C3(N)CCC3)no2)c1. The maximum atomic E-state index is 11.0.